The first-order chi connectivity index (χ1) is 12.5. The van der Waals surface area contributed by atoms with E-state index in [1.807, 2.05) is 6.92 Å². The number of nitro benzene ring substituents is 1. The predicted octanol–water partition coefficient (Wildman–Crippen LogP) is 3.10. The minimum Gasteiger partial charge on any atom is -0.326 e. The number of hydrazone groups is 1. The lowest BCUT2D eigenvalue weighted by Gasteiger charge is -2.05. The number of benzene rings is 2. The summed E-state index contributed by atoms with van der Waals surface area (Å²) in [5, 5.41) is 17.4. The van der Waals surface area contributed by atoms with Gasteiger partial charge in [-0.1, -0.05) is 19.1 Å². The van der Waals surface area contributed by atoms with Crippen molar-refractivity contribution >= 4 is 29.4 Å². The van der Waals surface area contributed by atoms with Crippen molar-refractivity contribution in [1.82, 2.24) is 5.43 Å². The fourth-order valence-electron chi connectivity index (χ4n) is 2.14. The second-order valence-corrected chi connectivity index (χ2v) is 5.39. The Hall–Kier alpha value is -3.55. The molecule has 0 bridgehead atoms. The molecule has 0 aliphatic carbocycles. The molecule has 0 heterocycles. The van der Waals surface area contributed by atoms with E-state index in [0.29, 0.717) is 17.7 Å². The van der Waals surface area contributed by atoms with Gasteiger partial charge in [-0.15, -0.1) is 0 Å². The summed E-state index contributed by atoms with van der Waals surface area (Å²) < 4.78 is 0. The van der Waals surface area contributed by atoms with Gasteiger partial charge in [0.2, 0.25) is 5.91 Å². The fourth-order valence-corrected chi connectivity index (χ4v) is 2.14. The van der Waals surface area contributed by atoms with Crippen LogP contribution in [-0.2, 0) is 4.79 Å². The van der Waals surface area contributed by atoms with Crippen molar-refractivity contribution in [2.75, 3.05) is 5.32 Å². The Balaban J connectivity index is 1.98. The highest BCUT2D eigenvalue weighted by atomic mass is 16.6. The number of carbonyl (C=O) groups excluding carboxylic acids is 2. The van der Waals surface area contributed by atoms with Crippen molar-refractivity contribution in [1.29, 1.82) is 0 Å². The van der Waals surface area contributed by atoms with Crippen LogP contribution in [0.15, 0.2) is 53.6 Å². The van der Waals surface area contributed by atoms with Gasteiger partial charge in [-0.3, -0.25) is 19.7 Å². The molecule has 2 N–H and O–H groups in total. The Kier molecular flexibility index (Phi) is 6.55. The lowest BCUT2D eigenvalue weighted by Crippen LogP contribution is -2.18. The highest BCUT2D eigenvalue weighted by Gasteiger charge is 2.10. The summed E-state index contributed by atoms with van der Waals surface area (Å²) in [6, 6.07) is 12.4. The molecule has 2 aromatic rings. The van der Waals surface area contributed by atoms with Crippen LogP contribution in [0.4, 0.5) is 11.4 Å². The van der Waals surface area contributed by atoms with E-state index in [1.165, 1.54) is 18.3 Å². The standard InChI is InChI=1S/C18H18N4O4/c1-2-5-17(23)20-15-10-8-13(9-11-15)18(24)21-19-12-14-6-3-4-7-16(14)22(25)26/h3-4,6-12H,2,5H2,1H3,(H,20,23)(H,21,24). The van der Waals surface area contributed by atoms with E-state index in [4.69, 9.17) is 0 Å². The van der Waals surface area contributed by atoms with Gasteiger partial charge in [0.25, 0.3) is 11.6 Å². The summed E-state index contributed by atoms with van der Waals surface area (Å²) in [6.07, 6.45) is 2.40. The van der Waals surface area contributed by atoms with E-state index in [1.54, 1.807) is 36.4 Å². The Morgan fingerprint density at radius 2 is 1.85 bits per heavy atom. The van der Waals surface area contributed by atoms with Crippen molar-refractivity contribution in [3.63, 3.8) is 0 Å². The highest BCUT2D eigenvalue weighted by Crippen LogP contribution is 2.15. The molecule has 2 amide bonds. The molecule has 0 aromatic heterocycles. The summed E-state index contributed by atoms with van der Waals surface area (Å²) in [5.41, 5.74) is 3.45. The molecule has 0 saturated heterocycles. The van der Waals surface area contributed by atoms with E-state index < -0.39 is 10.8 Å². The smallest absolute Gasteiger partial charge is 0.278 e. The zero-order valence-electron chi connectivity index (χ0n) is 14.1. The quantitative estimate of drug-likeness (QED) is 0.452. The largest absolute Gasteiger partial charge is 0.326 e. The number of nitrogens with one attached hydrogen (secondary N) is 2. The third kappa shape index (κ3) is 5.23. The second kappa shape index (κ2) is 9.07. The van der Waals surface area contributed by atoms with Crippen LogP contribution in [-0.4, -0.2) is 23.0 Å². The molecule has 0 unspecified atom stereocenters. The van der Waals surface area contributed by atoms with Gasteiger partial charge in [0, 0.05) is 23.7 Å². The number of nitro groups is 1. The van der Waals surface area contributed by atoms with Gasteiger partial charge in [-0.25, -0.2) is 5.43 Å². The Labute approximate surface area is 150 Å². The number of para-hydroxylation sites is 1. The molecule has 0 radical (unpaired) electrons. The molecular weight excluding hydrogens is 336 g/mol. The van der Waals surface area contributed by atoms with Crippen LogP contribution in [0.1, 0.15) is 35.7 Å². The zero-order chi connectivity index (χ0) is 18.9. The Morgan fingerprint density at radius 1 is 1.15 bits per heavy atom. The predicted molar refractivity (Wildman–Crippen MR) is 98.1 cm³/mol. The molecule has 0 atom stereocenters. The van der Waals surface area contributed by atoms with Crippen LogP contribution in [0.25, 0.3) is 0 Å². The molecule has 8 nitrogen and oxygen atoms in total. The number of hydrogen-bond donors (Lipinski definition) is 2. The van der Waals surface area contributed by atoms with Crippen LogP contribution in [0, 0.1) is 10.1 Å². The first-order valence-corrected chi connectivity index (χ1v) is 7.98. The number of anilines is 1. The molecule has 26 heavy (non-hydrogen) atoms. The molecule has 0 fully saturated rings. The summed E-state index contributed by atoms with van der Waals surface area (Å²) >= 11 is 0. The number of nitrogens with zero attached hydrogens (tertiary/aromatic N) is 2. The number of rotatable bonds is 7. The minimum absolute atomic E-state index is 0.0845. The maximum absolute atomic E-state index is 12.0. The maximum atomic E-state index is 12.0. The van der Waals surface area contributed by atoms with Crippen LogP contribution in [0.5, 0.6) is 0 Å². The van der Waals surface area contributed by atoms with Gasteiger partial charge < -0.3 is 5.32 Å². The van der Waals surface area contributed by atoms with Crippen molar-refractivity contribution < 1.29 is 14.5 Å². The Morgan fingerprint density at radius 3 is 2.50 bits per heavy atom. The van der Waals surface area contributed by atoms with Gasteiger partial charge in [-0.05, 0) is 36.8 Å². The summed E-state index contributed by atoms with van der Waals surface area (Å²) in [5.74, 6) is -0.551. The van der Waals surface area contributed by atoms with Crippen LogP contribution >= 0.6 is 0 Å². The van der Waals surface area contributed by atoms with Crippen molar-refractivity contribution in [2.24, 2.45) is 5.10 Å². The molecule has 8 heteroatoms. The van der Waals surface area contributed by atoms with Crippen LogP contribution in [0.3, 0.4) is 0 Å². The van der Waals surface area contributed by atoms with Crippen molar-refractivity contribution in [3.05, 3.63) is 69.8 Å². The van der Waals surface area contributed by atoms with Gasteiger partial charge >= 0.3 is 0 Å². The first kappa shape index (κ1) is 18.8. The molecule has 0 spiro atoms. The van der Waals surface area contributed by atoms with E-state index in [9.17, 15) is 19.7 Å². The van der Waals surface area contributed by atoms with Crippen LogP contribution in [0.2, 0.25) is 0 Å². The second-order valence-electron chi connectivity index (χ2n) is 5.39. The molecular formula is C18H18N4O4. The average molecular weight is 354 g/mol. The molecule has 2 rings (SSSR count). The SMILES string of the molecule is CCCC(=O)Nc1ccc(C(=O)NN=Cc2ccccc2[N+](=O)[O-])cc1. The monoisotopic (exact) mass is 354 g/mol. The number of hydrogen-bond acceptors (Lipinski definition) is 5. The topological polar surface area (TPSA) is 114 Å². The number of carbonyl (C=O) groups is 2. The Bertz CT molecular complexity index is 831. The summed E-state index contributed by atoms with van der Waals surface area (Å²) in [4.78, 5) is 34.0. The van der Waals surface area contributed by atoms with E-state index in [-0.39, 0.29) is 17.2 Å². The van der Waals surface area contributed by atoms with Crippen molar-refractivity contribution in [3.8, 4) is 0 Å². The first-order valence-electron chi connectivity index (χ1n) is 7.98. The molecule has 0 aliphatic heterocycles. The zero-order valence-corrected chi connectivity index (χ0v) is 14.1. The minimum atomic E-state index is -0.519. The van der Waals surface area contributed by atoms with Crippen molar-refractivity contribution in [2.45, 2.75) is 19.8 Å². The maximum Gasteiger partial charge on any atom is 0.278 e. The highest BCUT2D eigenvalue weighted by molar-refractivity contribution is 5.96. The molecule has 0 saturated carbocycles. The van der Waals surface area contributed by atoms with Gasteiger partial charge in [0.15, 0.2) is 0 Å². The third-order valence-electron chi connectivity index (χ3n) is 3.41. The molecule has 0 aliphatic rings. The summed E-state index contributed by atoms with van der Waals surface area (Å²) in [6.45, 7) is 1.91. The van der Waals surface area contributed by atoms with Gasteiger partial charge in [-0.2, -0.15) is 5.10 Å². The normalized spacial score (nSPS) is 10.5. The molecule has 134 valence electrons. The fraction of sp³-hybridized carbons (Fsp3) is 0.167. The molecule has 2 aromatic carbocycles. The van der Waals surface area contributed by atoms with E-state index >= 15 is 0 Å². The number of amides is 2. The summed E-state index contributed by atoms with van der Waals surface area (Å²) in [7, 11) is 0. The van der Waals surface area contributed by atoms with E-state index in [2.05, 4.69) is 15.8 Å². The van der Waals surface area contributed by atoms with Gasteiger partial charge in [0.05, 0.1) is 16.7 Å². The van der Waals surface area contributed by atoms with Gasteiger partial charge in [0.1, 0.15) is 0 Å². The average Bonchev–Trinajstić information content (AvgIpc) is 2.62. The lowest BCUT2D eigenvalue weighted by atomic mass is 10.2. The van der Waals surface area contributed by atoms with Crippen LogP contribution < -0.4 is 10.7 Å². The third-order valence-corrected chi connectivity index (χ3v) is 3.41. The lowest BCUT2D eigenvalue weighted by molar-refractivity contribution is -0.385. The van der Waals surface area contributed by atoms with E-state index in [0.717, 1.165) is 6.42 Å².